The molecule has 128 valence electrons. The Kier molecular flexibility index (Phi) is 5.45. The van der Waals surface area contributed by atoms with Crippen molar-refractivity contribution in [3.63, 3.8) is 0 Å². The number of aromatic nitrogens is 2. The van der Waals surface area contributed by atoms with Crippen LogP contribution in [0.25, 0.3) is 11.4 Å². The minimum Gasteiger partial charge on any atom is -0.497 e. The van der Waals surface area contributed by atoms with E-state index in [1.807, 2.05) is 42.5 Å². The molecule has 0 aliphatic heterocycles. The Morgan fingerprint density at radius 2 is 2.00 bits per heavy atom. The first-order valence-corrected chi connectivity index (χ1v) is 8.30. The van der Waals surface area contributed by atoms with Crippen LogP contribution in [0, 0.1) is 0 Å². The smallest absolute Gasteiger partial charge is 0.310 e. The monoisotopic (exact) mass is 402 g/mol. The third kappa shape index (κ3) is 4.67. The first-order valence-electron chi connectivity index (χ1n) is 7.51. The lowest BCUT2D eigenvalue weighted by molar-refractivity contribution is -0.144. The van der Waals surface area contributed by atoms with E-state index in [1.165, 1.54) is 0 Å². The highest BCUT2D eigenvalue weighted by Gasteiger charge is 2.12. The van der Waals surface area contributed by atoms with Crippen LogP contribution in [0.3, 0.4) is 0 Å². The molecule has 0 amide bonds. The van der Waals surface area contributed by atoms with Crippen LogP contribution < -0.4 is 4.74 Å². The number of hydrogen-bond acceptors (Lipinski definition) is 6. The first-order chi connectivity index (χ1) is 12.1. The number of benzene rings is 2. The summed E-state index contributed by atoms with van der Waals surface area (Å²) in [5, 5.41) is 3.90. The van der Waals surface area contributed by atoms with Gasteiger partial charge in [0.15, 0.2) is 6.61 Å². The van der Waals surface area contributed by atoms with E-state index in [0.717, 1.165) is 15.6 Å². The van der Waals surface area contributed by atoms with Crippen LogP contribution >= 0.6 is 15.9 Å². The number of nitrogens with zero attached hydrogens (tertiary/aromatic N) is 2. The van der Waals surface area contributed by atoms with Gasteiger partial charge in [-0.25, -0.2) is 0 Å². The Morgan fingerprint density at radius 3 is 2.76 bits per heavy atom. The maximum atomic E-state index is 11.9. The molecule has 1 aromatic heterocycles. The molecule has 0 N–H and O–H groups in total. The number of halogens is 1. The van der Waals surface area contributed by atoms with Crippen molar-refractivity contribution in [1.29, 1.82) is 0 Å². The zero-order valence-electron chi connectivity index (χ0n) is 13.4. The minimum absolute atomic E-state index is 0.0632. The summed E-state index contributed by atoms with van der Waals surface area (Å²) in [7, 11) is 1.59. The highest BCUT2D eigenvalue weighted by molar-refractivity contribution is 9.10. The van der Waals surface area contributed by atoms with Crippen LogP contribution in [0.1, 0.15) is 11.5 Å². The van der Waals surface area contributed by atoms with Gasteiger partial charge in [0.2, 0.25) is 5.82 Å². The molecule has 1 heterocycles. The fourth-order valence-electron chi connectivity index (χ4n) is 2.16. The van der Waals surface area contributed by atoms with Crippen molar-refractivity contribution in [3.8, 4) is 17.1 Å². The summed E-state index contributed by atoms with van der Waals surface area (Å²) in [6.07, 6.45) is 0.185. The second kappa shape index (κ2) is 7.94. The van der Waals surface area contributed by atoms with Gasteiger partial charge in [-0.05, 0) is 29.8 Å². The molecule has 7 heteroatoms. The number of rotatable bonds is 6. The van der Waals surface area contributed by atoms with E-state index < -0.39 is 0 Å². The Bertz CT molecular complexity index is 862. The van der Waals surface area contributed by atoms with Gasteiger partial charge in [0.05, 0.1) is 13.5 Å². The van der Waals surface area contributed by atoms with Crippen LogP contribution in [0.5, 0.6) is 5.75 Å². The molecule has 0 aliphatic carbocycles. The van der Waals surface area contributed by atoms with Gasteiger partial charge in [-0.2, -0.15) is 4.98 Å². The highest BCUT2D eigenvalue weighted by Crippen LogP contribution is 2.21. The Balaban J connectivity index is 1.57. The molecule has 0 unspecified atom stereocenters. The lowest BCUT2D eigenvalue weighted by Crippen LogP contribution is -2.08. The molecule has 0 aliphatic rings. The fourth-order valence-corrected chi connectivity index (χ4v) is 2.42. The van der Waals surface area contributed by atoms with Gasteiger partial charge in [0, 0.05) is 10.0 Å². The van der Waals surface area contributed by atoms with Crippen molar-refractivity contribution in [2.45, 2.75) is 13.0 Å². The van der Waals surface area contributed by atoms with Crippen LogP contribution in [-0.4, -0.2) is 23.2 Å². The van der Waals surface area contributed by atoms with Crippen molar-refractivity contribution in [1.82, 2.24) is 10.1 Å². The first kappa shape index (κ1) is 17.2. The van der Waals surface area contributed by atoms with E-state index in [0.29, 0.717) is 11.6 Å². The second-order valence-corrected chi connectivity index (χ2v) is 6.12. The summed E-state index contributed by atoms with van der Waals surface area (Å²) in [5.41, 5.74) is 1.63. The summed E-state index contributed by atoms with van der Waals surface area (Å²) in [5.74, 6) is 0.994. The van der Waals surface area contributed by atoms with Crippen LogP contribution in [-0.2, 0) is 22.6 Å². The summed E-state index contributed by atoms with van der Waals surface area (Å²) in [6, 6.07) is 14.8. The number of ether oxygens (including phenoxy) is 2. The second-order valence-electron chi connectivity index (χ2n) is 5.21. The zero-order valence-corrected chi connectivity index (χ0v) is 15.0. The summed E-state index contributed by atoms with van der Waals surface area (Å²) in [6.45, 7) is -0.0632. The SMILES string of the molecule is COc1cccc(-c2noc(COC(=O)Cc3ccc(Br)cc3)n2)c1. The molecule has 0 bridgehead atoms. The van der Waals surface area contributed by atoms with Crippen molar-refractivity contribution in [2.75, 3.05) is 7.11 Å². The van der Waals surface area contributed by atoms with Crippen LogP contribution in [0.2, 0.25) is 0 Å². The van der Waals surface area contributed by atoms with E-state index in [9.17, 15) is 4.79 Å². The molecule has 0 saturated heterocycles. The predicted octanol–water partition coefficient (Wildman–Crippen LogP) is 3.79. The molecule has 3 aromatic rings. The van der Waals surface area contributed by atoms with Crippen LogP contribution in [0.4, 0.5) is 0 Å². The maximum Gasteiger partial charge on any atom is 0.310 e. The quantitative estimate of drug-likeness (QED) is 0.583. The van der Waals surface area contributed by atoms with E-state index >= 15 is 0 Å². The Hall–Kier alpha value is -2.67. The van der Waals surface area contributed by atoms with E-state index in [2.05, 4.69) is 26.1 Å². The number of hydrogen-bond donors (Lipinski definition) is 0. The Labute approximate surface area is 152 Å². The summed E-state index contributed by atoms with van der Waals surface area (Å²) < 4.78 is 16.4. The molecule has 3 rings (SSSR count). The van der Waals surface area contributed by atoms with Crippen LogP contribution in [0.15, 0.2) is 57.5 Å². The summed E-state index contributed by atoms with van der Waals surface area (Å²) >= 11 is 3.35. The fraction of sp³-hybridized carbons (Fsp3) is 0.167. The summed E-state index contributed by atoms with van der Waals surface area (Å²) in [4.78, 5) is 16.1. The van der Waals surface area contributed by atoms with E-state index in [1.54, 1.807) is 13.2 Å². The van der Waals surface area contributed by atoms with Crippen molar-refractivity contribution < 1.29 is 18.8 Å². The van der Waals surface area contributed by atoms with E-state index in [4.69, 9.17) is 14.0 Å². The third-order valence-electron chi connectivity index (χ3n) is 3.41. The molecular weight excluding hydrogens is 388 g/mol. The molecule has 0 fully saturated rings. The topological polar surface area (TPSA) is 74.5 Å². The third-order valence-corrected chi connectivity index (χ3v) is 3.94. The van der Waals surface area contributed by atoms with Gasteiger partial charge >= 0.3 is 5.97 Å². The highest BCUT2D eigenvalue weighted by atomic mass is 79.9. The zero-order chi connectivity index (χ0) is 17.6. The molecule has 2 aromatic carbocycles. The number of carbonyl (C=O) groups excluding carboxylic acids is 1. The molecule has 6 nitrogen and oxygen atoms in total. The molecule has 0 saturated carbocycles. The van der Waals surface area contributed by atoms with Crippen molar-refractivity contribution >= 4 is 21.9 Å². The maximum absolute atomic E-state index is 11.9. The van der Waals surface area contributed by atoms with Gasteiger partial charge in [-0.15, -0.1) is 0 Å². The number of carbonyl (C=O) groups is 1. The molecular formula is C18H15BrN2O4. The average molecular weight is 403 g/mol. The lowest BCUT2D eigenvalue weighted by atomic mass is 10.2. The molecule has 25 heavy (non-hydrogen) atoms. The normalized spacial score (nSPS) is 10.5. The molecule has 0 radical (unpaired) electrons. The lowest BCUT2D eigenvalue weighted by Gasteiger charge is -2.02. The predicted molar refractivity (Wildman–Crippen MR) is 93.9 cm³/mol. The molecule has 0 spiro atoms. The van der Waals surface area contributed by atoms with Crippen molar-refractivity contribution in [2.24, 2.45) is 0 Å². The standard InChI is InChI=1S/C18H15BrN2O4/c1-23-15-4-2-3-13(10-15)18-20-16(25-21-18)11-24-17(22)9-12-5-7-14(19)8-6-12/h2-8,10H,9,11H2,1H3. The van der Waals surface area contributed by atoms with Gasteiger partial charge in [0.25, 0.3) is 5.89 Å². The number of methoxy groups -OCH3 is 1. The van der Waals surface area contributed by atoms with E-state index in [-0.39, 0.29) is 24.9 Å². The Morgan fingerprint density at radius 1 is 1.20 bits per heavy atom. The average Bonchev–Trinajstić information content (AvgIpc) is 3.11. The van der Waals surface area contributed by atoms with Gasteiger partial charge < -0.3 is 14.0 Å². The largest absolute Gasteiger partial charge is 0.497 e. The van der Waals surface area contributed by atoms with Crippen molar-refractivity contribution in [3.05, 3.63) is 64.5 Å². The minimum atomic E-state index is -0.358. The number of esters is 1. The van der Waals surface area contributed by atoms with Gasteiger partial charge in [0.1, 0.15) is 5.75 Å². The van der Waals surface area contributed by atoms with Gasteiger partial charge in [-0.1, -0.05) is 45.4 Å². The van der Waals surface area contributed by atoms with Gasteiger partial charge in [-0.3, -0.25) is 4.79 Å². The molecule has 0 atom stereocenters.